The van der Waals surface area contributed by atoms with Crippen molar-refractivity contribution in [3.8, 4) is 0 Å². The molecule has 25 heavy (non-hydrogen) atoms. The summed E-state index contributed by atoms with van der Waals surface area (Å²) >= 11 is 0. The molecule has 0 unspecified atom stereocenters. The van der Waals surface area contributed by atoms with Crippen LogP contribution < -0.4 is 0 Å². The molecule has 0 saturated heterocycles. The Balaban J connectivity index is -0.00000000697. The predicted molar refractivity (Wildman–Crippen MR) is 58.9 cm³/mol. The molecule has 0 bridgehead atoms. The average Bonchev–Trinajstić information content (AvgIpc) is 2.62. The van der Waals surface area contributed by atoms with Gasteiger partial charge in [-0.15, -0.1) is 6.92 Å². The van der Waals surface area contributed by atoms with Crippen LogP contribution in [0.5, 0.6) is 0 Å². The maximum atomic E-state index is 3.49. The van der Waals surface area contributed by atoms with E-state index in [1.807, 2.05) is 6.92 Å². The van der Waals surface area contributed by atoms with Crippen molar-refractivity contribution in [2.75, 3.05) is 0 Å². The molecular formula is C12H18N2W10Y-6. The minimum absolute atomic E-state index is 0. The van der Waals surface area contributed by atoms with Gasteiger partial charge in [0.2, 0.25) is 0 Å². The van der Waals surface area contributed by atoms with Crippen molar-refractivity contribution in [1.29, 1.82) is 0 Å². The Morgan fingerprint density at radius 3 is 1.08 bits per heavy atom. The fourth-order valence-electron chi connectivity index (χ4n) is 0.989. The van der Waals surface area contributed by atoms with Crippen LogP contribution >= 0.6 is 0 Å². The zero-order valence-electron chi connectivity index (χ0n) is 14.0. The van der Waals surface area contributed by atoms with Crippen LogP contribution in [0.2, 0.25) is 0 Å². The van der Waals surface area contributed by atoms with Crippen molar-refractivity contribution < 1.29 is 243 Å². The zero-order valence-corrected chi connectivity index (χ0v) is 46.1. The fourth-order valence-corrected chi connectivity index (χ4v) is 0.989. The summed E-state index contributed by atoms with van der Waals surface area (Å²) in [6, 6.07) is 0. The summed E-state index contributed by atoms with van der Waals surface area (Å²) in [4.78, 5) is 6.98. The van der Waals surface area contributed by atoms with Crippen LogP contribution in [-0.2, 0) is 243 Å². The van der Waals surface area contributed by atoms with Crippen LogP contribution in [0.1, 0.15) is 31.2 Å². The van der Waals surface area contributed by atoms with Gasteiger partial charge in [0.1, 0.15) is 0 Å². The maximum absolute atomic E-state index is 3.49. The summed E-state index contributed by atoms with van der Waals surface area (Å²) in [6.45, 7) is 1.83. The second kappa shape index (κ2) is 69.7. The van der Waals surface area contributed by atoms with E-state index in [9.17, 15) is 0 Å². The first-order chi connectivity index (χ1) is 5.89. The molecule has 1 aliphatic rings. The first kappa shape index (κ1) is 85.1. The first-order valence-corrected chi connectivity index (χ1v) is 4.21. The van der Waals surface area contributed by atoms with E-state index in [1.54, 1.807) is 0 Å². The van der Waals surface area contributed by atoms with Gasteiger partial charge in [-0.3, -0.25) is 0 Å². The van der Waals surface area contributed by atoms with E-state index in [2.05, 4.69) is 35.1 Å². The second-order valence-electron chi connectivity index (χ2n) is 2.75. The third-order valence-corrected chi connectivity index (χ3v) is 1.61. The second-order valence-corrected chi connectivity index (χ2v) is 2.75. The molecule has 2 rings (SSSR count). The van der Waals surface area contributed by atoms with Crippen molar-refractivity contribution in [2.24, 2.45) is 0 Å². The molecule has 1 fully saturated rings. The largest absolute Gasteiger partial charge is 0.663 e. The third kappa shape index (κ3) is 65.2. The number of aryl methyl sites for hydroxylation is 1. The molecule has 1 aromatic rings. The van der Waals surface area contributed by atoms with E-state index >= 15 is 0 Å². The molecule has 13 heteroatoms. The minimum atomic E-state index is 0. The van der Waals surface area contributed by atoms with Gasteiger partial charge in [0.05, 0.1) is 0 Å². The number of nitrogens with zero attached hydrogens (tertiary/aromatic N) is 2. The van der Waals surface area contributed by atoms with Gasteiger partial charge in [-0.05, 0) is 0 Å². The van der Waals surface area contributed by atoms with Gasteiger partial charge < -0.3 is 55.5 Å². The number of rotatable bonds is 0. The number of hydrogen-bond acceptors (Lipinski definition) is 2. The first-order valence-electron chi connectivity index (χ1n) is 4.21. The molecule has 145 valence electrons. The Morgan fingerprint density at radius 1 is 0.680 bits per heavy atom. The van der Waals surface area contributed by atoms with E-state index in [-0.39, 0.29) is 258 Å². The van der Waals surface area contributed by atoms with E-state index in [0.717, 1.165) is 5.56 Å². The molecule has 0 aromatic carbocycles. The molecular weight excluding hydrogens is 2100 g/mol. The topological polar surface area (TPSA) is 25.8 Å². The van der Waals surface area contributed by atoms with Gasteiger partial charge in [-0.1, -0.05) is 12.8 Å². The summed E-state index contributed by atoms with van der Waals surface area (Å²) < 4.78 is 0. The molecule has 1 aliphatic carbocycles. The Hall–Kier alpha value is 7.07. The summed E-state index contributed by atoms with van der Waals surface area (Å²) in [7, 11) is 0. The van der Waals surface area contributed by atoms with Gasteiger partial charge in [0, 0.05) is 243 Å². The smallest absolute Gasteiger partial charge is 0 e. The molecule has 1 saturated carbocycles. The Labute approximate surface area is 324 Å². The van der Waals surface area contributed by atoms with Gasteiger partial charge >= 0.3 is 0 Å². The van der Waals surface area contributed by atoms with E-state index in [1.165, 1.54) is 25.7 Å². The molecule has 0 N–H and O–H groups in total. The van der Waals surface area contributed by atoms with Crippen LogP contribution in [-0.4, -0.2) is 9.97 Å². The molecule has 1 heterocycles. The van der Waals surface area contributed by atoms with Crippen LogP contribution in [0.3, 0.4) is 0 Å². The monoisotopic (exact) mass is 2120 g/mol. The molecule has 1 radical (unpaired) electrons. The van der Waals surface area contributed by atoms with Crippen LogP contribution in [0.4, 0.5) is 0 Å². The zero-order chi connectivity index (χ0) is 8.65. The van der Waals surface area contributed by atoms with Crippen LogP contribution in [0.25, 0.3) is 0 Å². The van der Waals surface area contributed by atoms with Crippen LogP contribution in [0, 0.1) is 46.9 Å². The van der Waals surface area contributed by atoms with Gasteiger partial charge in [-0.2, -0.15) is 12.8 Å². The standard InChI is InChI=1S/C5H3N2.C5H9.2CH3.10W.Y/c1-5-2-6-4-7-3-5;1-2-4-5-3-1;;;;;;;;;;;;;/h1H3;1H,2-5H2;2*1H3;;;;;;;;;;;/q-3;3*-1;;;;;;;;;;;. The van der Waals surface area contributed by atoms with Gasteiger partial charge in [0.25, 0.3) is 0 Å². The summed E-state index contributed by atoms with van der Waals surface area (Å²) in [5.74, 6) is 0. The van der Waals surface area contributed by atoms with E-state index in [0.29, 0.717) is 0 Å². The summed E-state index contributed by atoms with van der Waals surface area (Å²) in [6.07, 6.45) is 15.5. The van der Waals surface area contributed by atoms with Crippen LogP contribution in [0.15, 0.2) is 0 Å². The average molecular weight is 2120 g/mol. The van der Waals surface area contributed by atoms with Crippen molar-refractivity contribution >= 4 is 0 Å². The van der Waals surface area contributed by atoms with E-state index in [4.69, 9.17) is 0 Å². The number of aromatic nitrogens is 2. The van der Waals surface area contributed by atoms with Crippen molar-refractivity contribution in [3.63, 3.8) is 0 Å². The predicted octanol–water partition coefficient (Wildman–Crippen LogP) is 2.82. The third-order valence-electron chi connectivity index (χ3n) is 1.61. The number of hydrogen-bond donors (Lipinski definition) is 0. The Morgan fingerprint density at radius 2 is 0.960 bits per heavy atom. The molecule has 0 spiro atoms. The molecule has 0 atom stereocenters. The van der Waals surface area contributed by atoms with Gasteiger partial charge in [-0.25, -0.2) is 0 Å². The fraction of sp³-hybridized carbons (Fsp3) is 0.417. The maximum Gasteiger partial charge on any atom is 0 e. The summed E-state index contributed by atoms with van der Waals surface area (Å²) in [5, 5.41) is 0. The van der Waals surface area contributed by atoms with Crippen molar-refractivity contribution in [3.05, 3.63) is 45.6 Å². The van der Waals surface area contributed by atoms with E-state index < -0.39 is 0 Å². The molecule has 1 aromatic heterocycles. The normalized spacial score (nSPS) is 7.24. The van der Waals surface area contributed by atoms with Crippen molar-refractivity contribution in [1.82, 2.24) is 9.97 Å². The Bertz CT molecular complexity index is 215. The molecule has 2 nitrogen and oxygen atoms in total. The molecule has 0 aliphatic heterocycles. The quantitative estimate of drug-likeness (QED) is 0.375. The minimum Gasteiger partial charge on any atom is -0.663 e. The van der Waals surface area contributed by atoms with Gasteiger partial charge in [0.15, 0.2) is 0 Å². The SMILES string of the molecule is Cc1[c-]n[c-]n[c-]1.[CH-]1CCCC1.[CH3-].[CH3-].[W].[W].[W].[W].[W].[W].[W].[W].[W].[W].[Y]. The Kier molecular flexibility index (Phi) is 238. The van der Waals surface area contributed by atoms with Crippen molar-refractivity contribution in [2.45, 2.75) is 32.6 Å². The summed E-state index contributed by atoms with van der Waals surface area (Å²) in [5.41, 5.74) is 0.818. The molecule has 0 amide bonds.